The second kappa shape index (κ2) is 8.49. The molecule has 2 aliphatic heterocycles. The molecule has 0 saturated heterocycles. The monoisotopic (exact) mass is 452 g/mol. The van der Waals surface area contributed by atoms with Crippen molar-refractivity contribution in [3.05, 3.63) is 94.2 Å². The minimum atomic E-state index is -0.324. The molecule has 0 fully saturated rings. The SMILES string of the molecule is COc1ccc(C)cc1N1C(=O)C(c2ccc(C)c(C)c2)=C(N2CCCc3ccccc32)C1=O. The molecule has 5 rings (SSSR count). The Morgan fingerprint density at radius 3 is 2.38 bits per heavy atom. The maximum Gasteiger partial charge on any atom is 0.282 e. The highest BCUT2D eigenvalue weighted by Crippen LogP contribution is 2.42. The van der Waals surface area contributed by atoms with Gasteiger partial charge in [0.2, 0.25) is 0 Å². The zero-order valence-corrected chi connectivity index (χ0v) is 20.0. The van der Waals surface area contributed by atoms with E-state index in [9.17, 15) is 9.59 Å². The minimum Gasteiger partial charge on any atom is -0.495 e. The molecule has 2 amide bonds. The molecule has 2 heterocycles. The number of anilines is 2. The van der Waals surface area contributed by atoms with Crippen LogP contribution in [0, 0.1) is 20.8 Å². The molecule has 0 N–H and O–H groups in total. The molecule has 0 atom stereocenters. The van der Waals surface area contributed by atoms with Gasteiger partial charge in [0.05, 0.1) is 18.4 Å². The van der Waals surface area contributed by atoms with Gasteiger partial charge in [-0.3, -0.25) is 9.59 Å². The van der Waals surface area contributed by atoms with Crippen LogP contribution in [0.4, 0.5) is 11.4 Å². The van der Waals surface area contributed by atoms with E-state index in [0.717, 1.165) is 40.8 Å². The summed E-state index contributed by atoms with van der Waals surface area (Å²) in [4.78, 5) is 31.4. The molecular weight excluding hydrogens is 424 g/mol. The lowest BCUT2D eigenvalue weighted by Crippen LogP contribution is -2.37. The van der Waals surface area contributed by atoms with Crippen molar-refractivity contribution >= 4 is 28.8 Å². The maximum atomic E-state index is 14.1. The van der Waals surface area contributed by atoms with E-state index in [1.54, 1.807) is 13.2 Å². The van der Waals surface area contributed by atoms with Crippen LogP contribution < -0.4 is 14.5 Å². The lowest BCUT2D eigenvalue weighted by Gasteiger charge is -2.32. The van der Waals surface area contributed by atoms with Crippen LogP contribution in [0.2, 0.25) is 0 Å². The fraction of sp³-hybridized carbons (Fsp3) is 0.241. The molecule has 0 spiro atoms. The molecular formula is C29H28N2O3. The number of imide groups is 1. The first-order valence-corrected chi connectivity index (χ1v) is 11.6. The third kappa shape index (κ3) is 3.48. The van der Waals surface area contributed by atoms with Gasteiger partial charge in [0, 0.05) is 12.2 Å². The Labute approximate surface area is 200 Å². The Morgan fingerprint density at radius 2 is 1.62 bits per heavy atom. The van der Waals surface area contributed by atoms with E-state index < -0.39 is 0 Å². The van der Waals surface area contributed by atoms with Crippen molar-refractivity contribution in [2.24, 2.45) is 0 Å². The first kappa shape index (κ1) is 22.0. The topological polar surface area (TPSA) is 49.9 Å². The lowest BCUT2D eigenvalue weighted by atomic mass is 9.97. The maximum absolute atomic E-state index is 14.1. The number of hydrogen-bond acceptors (Lipinski definition) is 4. The summed E-state index contributed by atoms with van der Waals surface area (Å²) in [6, 6.07) is 19.6. The number of ether oxygens (including phenoxy) is 1. The smallest absolute Gasteiger partial charge is 0.282 e. The molecule has 0 saturated carbocycles. The summed E-state index contributed by atoms with van der Waals surface area (Å²) in [5.74, 6) is -0.152. The van der Waals surface area contributed by atoms with Gasteiger partial charge in [-0.25, -0.2) is 4.90 Å². The van der Waals surface area contributed by atoms with Gasteiger partial charge in [0.15, 0.2) is 0 Å². The summed E-state index contributed by atoms with van der Waals surface area (Å²) in [5, 5.41) is 0. The van der Waals surface area contributed by atoms with Crippen LogP contribution in [0.5, 0.6) is 5.75 Å². The average molecular weight is 453 g/mol. The van der Waals surface area contributed by atoms with E-state index in [1.165, 1.54) is 10.5 Å². The summed E-state index contributed by atoms with van der Waals surface area (Å²) < 4.78 is 5.54. The highest BCUT2D eigenvalue weighted by Gasteiger charge is 2.44. The summed E-state index contributed by atoms with van der Waals surface area (Å²) in [5.41, 5.74) is 7.45. The number of carbonyl (C=O) groups excluding carboxylic acids is 2. The molecule has 34 heavy (non-hydrogen) atoms. The normalized spacial score (nSPS) is 15.8. The molecule has 0 aliphatic carbocycles. The Morgan fingerprint density at radius 1 is 0.824 bits per heavy atom. The Bertz CT molecular complexity index is 1360. The fourth-order valence-corrected chi connectivity index (χ4v) is 4.89. The van der Waals surface area contributed by atoms with E-state index in [2.05, 4.69) is 6.07 Å². The van der Waals surface area contributed by atoms with E-state index in [0.29, 0.717) is 29.3 Å². The van der Waals surface area contributed by atoms with Crippen LogP contribution in [-0.4, -0.2) is 25.5 Å². The van der Waals surface area contributed by atoms with Gasteiger partial charge in [0.1, 0.15) is 11.4 Å². The number of carbonyl (C=O) groups is 2. The molecule has 3 aromatic rings. The van der Waals surface area contributed by atoms with Crippen LogP contribution in [0.15, 0.2) is 66.4 Å². The van der Waals surface area contributed by atoms with Crippen molar-refractivity contribution in [2.75, 3.05) is 23.5 Å². The number of hydrogen-bond donors (Lipinski definition) is 0. The largest absolute Gasteiger partial charge is 0.495 e. The molecule has 5 heteroatoms. The zero-order chi connectivity index (χ0) is 24.0. The highest BCUT2D eigenvalue weighted by molar-refractivity contribution is 6.46. The summed E-state index contributed by atoms with van der Waals surface area (Å²) in [6.45, 7) is 6.69. The second-order valence-corrected chi connectivity index (χ2v) is 9.03. The van der Waals surface area contributed by atoms with Gasteiger partial charge in [-0.2, -0.15) is 0 Å². The van der Waals surface area contributed by atoms with Crippen LogP contribution >= 0.6 is 0 Å². The van der Waals surface area contributed by atoms with Crippen LogP contribution in [0.3, 0.4) is 0 Å². The molecule has 0 bridgehead atoms. The van der Waals surface area contributed by atoms with Crippen molar-refractivity contribution in [2.45, 2.75) is 33.6 Å². The summed E-state index contributed by atoms with van der Waals surface area (Å²) in [6.07, 6.45) is 1.87. The number of aryl methyl sites for hydroxylation is 4. The Balaban J connectivity index is 1.74. The van der Waals surface area contributed by atoms with Gasteiger partial charge >= 0.3 is 0 Å². The number of benzene rings is 3. The minimum absolute atomic E-state index is 0.321. The van der Waals surface area contributed by atoms with Crippen LogP contribution in [0.1, 0.15) is 34.2 Å². The fourth-order valence-electron chi connectivity index (χ4n) is 4.89. The predicted molar refractivity (Wildman–Crippen MR) is 135 cm³/mol. The average Bonchev–Trinajstić information content (AvgIpc) is 3.10. The van der Waals surface area contributed by atoms with Gasteiger partial charge in [0.25, 0.3) is 11.8 Å². The highest BCUT2D eigenvalue weighted by atomic mass is 16.5. The quantitative estimate of drug-likeness (QED) is 0.500. The van der Waals surface area contributed by atoms with Crippen LogP contribution in [-0.2, 0) is 16.0 Å². The molecule has 0 unspecified atom stereocenters. The predicted octanol–water partition coefficient (Wildman–Crippen LogP) is 5.36. The van der Waals surface area contributed by atoms with Gasteiger partial charge in [-0.05, 0) is 79.6 Å². The third-order valence-electron chi connectivity index (χ3n) is 6.81. The molecule has 3 aromatic carbocycles. The zero-order valence-electron chi connectivity index (χ0n) is 20.0. The first-order valence-electron chi connectivity index (χ1n) is 11.6. The van der Waals surface area contributed by atoms with Gasteiger partial charge in [-0.15, -0.1) is 0 Å². The second-order valence-electron chi connectivity index (χ2n) is 9.03. The van der Waals surface area contributed by atoms with E-state index >= 15 is 0 Å². The van der Waals surface area contributed by atoms with Crippen molar-refractivity contribution in [1.82, 2.24) is 0 Å². The number of nitrogens with zero attached hydrogens (tertiary/aromatic N) is 2. The van der Waals surface area contributed by atoms with Crippen molar-refractivity contribution in [3.8, 4) is 5.75 Å². The molecule has 172 valence electrons. The van der Waals surface area contributed by atoms with Gasteiger partial charge in [-0.1, -0.05) is 42.5 Å². The summed E-state index contributed by atoms with van der Waals surface area (Å²) in [7, 11) is 1.55. The summed E-state index contributed by atoms with van der Waals surface area (Å²) >= 11 is 0. The van der Waals surface area contributed by atoms with Crippen molar-refractivity contribution in [3.63, 3.8) is 0 Å². The van der Waals surface area contributed by atoms with Crippen molar-refractivity contribution in [1.29, 1.82) is 0 Å². The molecule has 0 radical (unpaired) electrons. The Hall–Kier alpha value is -3.86. The molecule has 0 aromatic heterocycles. The van der Waals surface area contributed by atoms with E-state index in [-0.39, 0.29) is 11.8 Å². The molecule has 2 aliphatic rings. The standard InChI is InChI=1S/C29H28N2O3/c1-18-11-14-25(34-4)24(16-18)31-28(32)26(22-13-12-19(2)20(3)17-22)27(29(31)33)30-15-7-9-21-8-5-6-10-23(21)30/h5-6,8,10-14,16-17H,7,9,15H2,1-4H3. The number of fused-ring (bicyclic) bond motifs is 1. The lowest BCUT2D eigenvalue weighted by molar-refractivity contribution is -0.120. The first-order chi connectivity index (χ1) is 16.4. The molecule has 5 nitrogen and oxygen atoms in total. The van der Waals surface area contributed by atoms with Crippen molar-refractivity contribution < 1.29 is 14.3 Å². The number of rotatable bonds is 4. The van der Waals surface area contributed by atoms with Crippen LogP contribution in [0.25, 0.3) is 5.57 Å². The van der Waals surface area contributed by atoms with Gasteiger partial charge < -0.3 is 9.64 Å². The van der Waals surface area contributed by atoms with E-state index in [1.807, 2.05) is 74.2 Å². The van der Waals surface area contributed by atoms with E-state index in [4.69, 9.17) is 4.74 Å². The Kier molecular flexibility index (Phi) is 5.48. The third-order valence-corrected chi connectivity index (χ3v) is 6.81. The number of amides is 2. The number of methoxy groups -OCH3 is 1. The number of para-hydroxylation sites is 1.